The van der Waals surface area contributed by atoms with E-state index in [4.69, 9.17) is 4.42 Å². The molecule has 0 saturated carbocycles. The number of hydrogen-bond acceptors (Lipinski definition) is 3. The van der Waals surface area contributed by atoms with Gasteiger partial charge in [-0.3, -0.25) is 9.59 Å². The monoisotopic (exact) mass is 501 g/mol. The van der Waals surface area contributed by atoms with Gasteiger partial charge in [0.15, 0.2) is 5.43 Å². The van der Waals surface area contributed by atoms with Crippen molar-refractivity contribution in [2.45, 2.75) is 39.3 Å². The number of amides is 1. The van der Waals surface area contributed by atoms with Crippen molar-refractivity contribution in [3.05, 3.63) is 115 Å². The lowest BCUT2D eigenvalue weighted by Gasteiger charge is -2.25. The van der Waals surface area contributed by atoms with Gasteiger partial charge in [0.1, 0.15) is 5.58 Å². The second-order valence-corrected chi connectivity index (χ2v) is 9.87. The van der Waals surface area contributed by atoms with Crippen LogP contribution in [0.25, 0.3) is 11.0 Å². The number of fused-ring (bicyclic) bond motifs is 2. The predicted molar refractivity (Wildman–Crippen MR) is 134 cm³/mol. The zero-order chi connectivity index (χ0) is 23.3. The van der Waals surface area contributed by atoms with E-state index in [1.165, 1.54) is 5.56 Å². The largest absolute Gasteiger partial charge is 0.450 e. The van der Waals surface area contributed by atoms with Crippen molar-refractivity contribution >= 4 is 32.8 Å². The van der Waals surface area contributed by atoms with Crippen molar-refractivity contribution in [3.8, 4) is 0 Å². The molecule has 1 aromatic heterocycles. The van der Waals surface area contributed by atoms with Gasteiger partial charge in [-0.25, -0.2) is 0 Å². The average molecular weight is 502 g/mol. The topological polar surface area (TPSA) is 50.5 Å². The van der Waals surface area contributed by atoms with Gasteiger partial charge in [0.25, 0.3) is 5.91 Å². The number of rotatable bonds is 4. The molecule has 0 radical (unpaired) electrons. The lowest BCUT2D eigenvalue weighted by Crippen LogP contribution is -2.29. The third-order valence-electron chi connectivity index (χ3n) is 6.32. The van der Waals surface area contributed by atoms with Crippen molar-refractivity contribution in [2.75, 3.05) is 0 Å². The van der Waals surface area contributed by atoms with Crippen LogP contribution in [0.4, 0.5) is 0 Å². The molecular weight excluding hydrogens is 478 g/mol. The van der Waals surface area contributed by atoms with Gasteiger partial charge >= 0.3 is 0 Å². The number of aryl methyl sites for hydroxylation is 1. The molecule has 0 aliphatic carbocycles. The zero-order valence-electron chi connectivity index (χ0n) is 18.8. The van der Waals surface area contributed by atoms with Crippen LogP contribution in [0.1, 0.15) is 64.2 Å². The lowest BCUT2D eigenvalue weighted by molar-refractivity contribution is 0.0714. The molecule has 4 nitrogen and oxygen atoms in total. The molecule has 5 heteroatoms. The predicted octanol–water partition coefficient (Wildman–Crippen LogP) is 6.73. The molecule has 0 bridgehead atoms. The van der Waals surface area contributed by atoms with Crippen LogP contribution in [0.2, 0.25) is 0 Å². The van der Waals surface area contributed by atoms with Gasteiger partial charge in [0.05, 0.1) is 17.0 Å². The van der Waals surface area contributed by atoms with Crippen LogP contribution in [0.15, 0.2) is 80.4 Å². The number of carbonyl (C=O) groups excluding carboxylic acids is 1. The van der Waals surface area contributed by atoms with Crippen molar-refractivity contribution < 1.29 is 9.21 Å². The maximum atomic E-state index is 13.7. The van der Waals surface area contributed by atoms with Crippen molar-refractivity contribution in [2.24, 2.45) is 0 Å². The Hall–Kier alpha value is -3.18. The fourth-order valence-corrected chi connectivity index (χ4v) is 4.82. The first kappa shape index (κ1) is 21.7. The van der Waals surface area contributed by atoms with Crippen LogP contribution in [0, 0.1) is 6.92 Å². The molecule has 0 N–H and O–H groups in total. The average Bonchev–Trinajstić information content (AvgIpc) is 3.08. The highest BCUT2D eigenvalue weighted by Crippen LogP contribution is 2.39. The molecule has 166 valence electrons. The molecular formula is C28H24BrNO3. The van der Waals surface area contributed by atoms with E-state index in [1.807, 2.05) is 49.4 Å². The molecule has 4 aromatic rings. The summed E-state index contributed by atoms with van der Waals surface area (Å²) in [7, 11) is 0. The van der Waals surface area contributed by atoms with Gasteiger partial charge in [-0.1, -0.05) is 83.9 Å². The third-order valence-corrected chi connectivity index (χ3v) is 6.81. The van der Waals surface area contributed by atoms with Crippen LogP contribution >= 0.6 is 15.9 Å². The Morgan fingerprint density at radius 2 is 1.67 bits per heavy atom. The summed E-state index contributed by atoms with van der Waals surface area (Å²) in [6.07, 6.45) is 0. The Bertz CT molecular complexity index is 1420. The van der Waals surface area contributed by atoms with Gasteiger partial charge < -0.3 is 9.32 Å². The first-order valence-corrected chi connectivity index (χ1v) is 11.9. The first-order chi connectivity index (χ1) is 15.8. The quantitative estimate of drug-likeness (QED) is 0.311. The molecule has 1 amide bonds. The Kier molecular flexibility index (Phi) is 5.45. The second-order valence-electron chi connectivity index (χ2n) is 8.96. The van der Waals surface area contributed by atoms with Gasteiger partial charge in [-0.05, 0) is 47.7 Å². The number of hydrogen-bond donors (Lipinski definition) is 0. The van der Waals surface area contributed by atoms with Crippen molar-refractivity contribution in [1.82, 2.24) is 4.90 Å². The molecule has 2 heterocycles. The summed E-state index contributed by atoms with van der Waals surface area (Å²) < 4.78 is 6.83. The van der Waals surface area contributed by atoms with E-state index in [0.29, 0.717) is 29.0 Å². The van der Waals surface area contributed by atoms with Gasteiger partial charge in [0, 0.05) is 11.0 Å². The third kappa shape index (κ3) is 3.80. The van der Waals surface area contributed by atoms with Crippen LogP contribution in [0.3, 0.4) is 0 Å². The minimum absolute atomic E-state index is 0.139. The van der Waals surface area contributed by atoms with Gasteiger partial charge in [-0.15, -0.1) is 0 Å². The van der Waals surface area contributed by atoms with E-state index >= 15 is 0 Å². The van der Waals surface area contributed by atoms with Gasteiger partial charge in [-0.2, -0.15) is 0 Å². The summed E-state index contributed by atoms with van der Waals surface area (Å²) >= 11 is 3.44. The molecule has 1 atom stereocenters. The number of halogens is 1. The van der Waals surface area contributed by atoms with E-state index in [-0.39, 0.29) is 17.1 Å². The highest BCUT2D eigenvalue weighted by atomic mass is 79.9. The van der Waals surface area contributed by atoms with Crippen LogP contribution in [0.5, 0.6) is 0 Å². The zero-order valence-corrected chi connectivity index (χ0v) is 20.3. The van der Waals surface area contributed by atoms with Crippen LogP contribution < -0.4 is 5.43 Å². The molecule has 1 unspecified atom stereocenters. The van der Waals surface area contributed by atoms with E-state index in [9.17, 15) is 9.59 Å². The molecule has 5 rings (SSSR count). The van der Waals surface area contributed by atoms with Crippen molar-refractivity contribution in [1.29, 1.82) is 0 Å². The Labute approximate surface area is 201 Å². The minimum atomic E-state index is -0.505. The highest BCUT2D eigenvalue weighted by molar-refractivity contribution is 9.10. The summed E-state index contributed by atoms with van der Waals surface area (Å²) in [5.41, 5.74) is 4.94. The summed E-state index contributed by atoms with van der Waals surface area (Å²) in [6.45, 7) is 6.71. The maximum absolute atomic E-state index is 13.7. The molecule has 0 saturated heterocycles. The van der Waals surface area contributed by atoms with E-state index < -0.39 is 6.04 Å². The summed E-state index contributed by atoms with van der Waals surface area (Å²) in [5, 5.41) is 0.469. The normalized spacial score (nSPS) is 15.5. The molecule has 0 spiro atoms. The summed E-state index contributed by atoms with van der Waals surface area (Å²) in [4.78, 5) is 29.0. The number of nitrogens with zero attached hydrogens (tertiary/aromatic N) is 1. The fourth-order valence-electron chi connectivity index (χ4n) is 4.46. The smallest absolute Gasteiger partial charge is 0.291 e. The Morgan fingerprint density at radius 3 is 2.33 bits per heavy atom. The van der Waals surface area contributed by atoms with Crippen LogP contribution in [-0.4, -0.2) is 10.8 Å². The first-order valence-electron chi connectivity index (χ1n) is 11.1. The number of carbonyl (C=O) groups is 1. The Morgan fingerprint density at radius 1 is 0.970 bits per heavy atom. The van der Waals surface area contributed by atoms with E-state index in [1.54, 1.807) is 17.0 Å². The van der Waals surface area contributed by atoms with Gasteiger partial charge in [0.2, 0.25) is 5.76 Å². The lowest BCUT2D eigenvalue weighted by atomic mass is 9.95. The summed E-state index contributed by atoms with van der Waals surface area (Å²) in [6, 6.07) is 21.1. The van der Waals surface area contributed by atoms with E-state index in [0.717, 1.165) is 21.2 Å². The Balaban J connectivity index is 1.69. The number of benzene rings is 3. The minimum Gasteiger partial charge on any atom is -0.450 e. The molecule has 33 heavy (non-hydrogen) atoms. The molecule has 1 aliphatic heterocycles. The molecule has 1 aliphatic rings. The standard InChI is InChI=1S/C28H24BrNO3/c1-16(2)19-8-10-20(11-9-19)25-24-26(31)22-14-21(29)12-13-23(22)33-27(24)28(32)30(25)15-18-6-4-17(3)5-7-18/h4-14,16,25H,15H2,1-3H3. The second kappa shape index (κ2) is 8.31. The summed E-state index contributed by atoms with van der Waals surface area (Å²) in [5.74, 6) is 0.275. The van der Waals surface area contributed by atoms with E-state index in [2.05, 4.69) is 41.9 Å². The molecule has 3 aromatic carbocycles. The SMILES string of the molecule is Cc1ccc(CN2C(=O)c3oc4ccc(Br)cc4c(=O)c3C2c2ccc(C(C)C)cc2)cc1. The van der Waals surface area contributed by atoms with Crippen LogP contribution in [-0.2, 0) is 6.54 Å². The van der Waals surface area contributed by atoms with Crippen molar-refractivity contribution in [3.63, 3.8) is 0 Å². The molecule has 0 fully saturated rings. The fraction of sp³-hybridized carbons (Fsp3) is 0.214. The maximum Gasteiger partial charge on any atom is 0.291 e. The highest BCUT2D eigenvalue weighted by Gasteiger charge is 2.42.